The van der Waals surface area contributed by atoms with Crippen molar-refractivity contribution in [2.75, 3.05) is 0 Å². The maximum absolute atomic E-state index is 14.1. The van der Waals surface area contributed by atoms with Crippen molar-refractivity contribution in [2.45, 2.75) is 31.3 Å². The van der Waals surface area contributed by atoms with E-state index in [0.717, 1.165) is 17.0 Å². The first-order valence-corrected chi connectivity index (χ1v) is 10.2. The zero-order chi connectivity index (χ0) is 19.0. The lowest BCUT2D eigenvalue weighted by Crippen LogP contribution is -2.23. The van der Waals surface area contributed by atoms with Crippen molar-refractivity contribution in [3.63, 3.8) is 0 Å². The van der Waals surface area contributed by atoms with Crippen LogP contribution >= 0.6 is 23.1 Å². The van der Waals surface area contributed by atoms with Gasteiger partial charge in [-0.25, -0.2) is 9.37 Å². The van der Waals surface area contributed by atoms with E-state index >= 15 is 0 Å². The van der Waals surface area contributed by atoms with Crippen LogP contribution in [0.4, 0.5) is 4.39 Å². The largest absolute Gasteiger partial charge is 0.361 e. The Morgan fingerprint density at radius 3 is 2.81 bits per heavy atom. The standard InChI is InChI=1S/C19H16FN3O2S2/c1-11-14(12(2)25-22-11)10-27-19-21-16-7-8-26-17(16)18(24)23(19)9-13-5-3-4-6-15(13)20/h3-8H,9-10H2,1-2H3. The normalized spacial score (nSPS) is 11.4. The molecule has 27 heavy (non-hydrogen) atoms. The molecule has 1 aromatic carbocycles. The van der Waals surface area contributed by atoms with Crippen molar-refractivity contribution in [3.05, 3.63) is 74.5 Å². The summed E-state index contributed by atoms with van der Waals surface area (Å²) in [7, 11) is 0. The van der Waals surface area contributed by atoms with Gasteiger partial charge in [0.05, 0.1) is 17.8 Å². The highest BCUT2D eigenvalue weighted by Crippen LogP contribution is 2.27. The summed E-state index contributed by atoms with van der Waals surface area (Å²) in [5, 5.41) is 6.36. The van der Waals surface area contributed by atoms with Crippen molar-refractivity contribution >= 4 is 33.3 Å². The molecule has 0 unspecified atom stereocenters. The molecule has 0 amide bonds. The van der Waals surface area contributed by atoms with E-state index in [4.69, 9.17) is 4.52 Å². The SMILES string of the molecule is Cc1noc(C)c1CSc1nc2ccsc2c(=O)n1Cc1ccccc1F. The molecule has 5 nitrogen and oxygen atoms in total. The minimum absolute atomic E-state index is 0.135. The molecule has 0 aliphatic heterocycles. The fourth-order valence-electron chi connectivity index (χ4n) is 2.81. The van der Waals surface area contributed by atoms with Crippen LogP contribution in [-0.2, 0) is 12.3 Å². The van der Waals surface area contributed by atoms with Crippen molar-refractivity contribution in [2.24, 2.45) is 0 Å². The molecule has 0 radical (unpaired) electrons. The average Bonchev–Trinajstić information content (AvgIpc) is 3.25. The average molecular weight is 401 g/mol. The van der Waals surface area contributed by atoms with Gasteiger partial charge in [-0.05, 0) is 31.4 Å². The summed E-state index contributed by atoms with van der Waals surface area (Å²) < 4.78 is 21.5. The molecule has 0 spiro atoms. The number of aromatic nitrogens is 3. The number of hydrogen-bond donors (Lipinski definition) is 0. The topological polar surface area (TPSA) is 60.9 Å². The number of nitrogens with zero attached hydrogens (tertiary/aromatic N) is 3. The quantitative estimate of drug-likeness (QED) is 0.363. The molecule has 4 aromatic rings. The van der Waals surface area contributed by atoms with E-state index < -0.39 is 0 Å². The highest BCUT2D eigenvalue weighted by molar-refractivity contribution is 7.98. The third-order valence-corrected chi connectivity index (χ3v) is 6.24. The molecule has 0 saturated carbocycles. The molecule has 0 bridgehead atoms. The lowest BCUT2D eigenvalue weighted by molar-refractivity contribution is 0.392. The minimum atomic E-state index is -0.336. The van der Waals surface area contributed by atoms with E-state index in [9.17, 15) is 9.18 Å². The van der Waals surface area contributed by atoms with Crippen LogP contribution in [0.15, 0.2) is 50.2 Å². The molecular formula is C19H16FN3O2S2. The van der Waals surface area contributed by atoms with Crippen LogP contribution in [0.2, 0.25) is 0 Å². The van der Waals surface area contributed by atoms with Crippen molar-refractivity contribution in [3.8, 4) is 0 Å². The van der Waals surface area contributed by atoms with E-state index in [1.54, 1.807) is 22.8 Å². The molecule has 0 fully saturated rings. The molecule has 0 aliphatic carbocycles. The number of hydrogen-bond acceptors (Lipinski definition) is 6. The third-order valence-electron chi connectivity index (χ3n) is 4.34. The number of thiophene rings is 1. The zero-order valence-corrected chi connectivity index (χ0v) is 16.4. The van der Waals surface area contributed by atoms with Crippen molar-refractivity contribution < 1.29 is 8.91 Å². The summed E-state index contributed by atoms with van der Waals surface area (Å²) in [5.74, 6) is 0.984. The Kier molecular flexibility index (Phi) is 4.84. The summed E-state index contributed by atoms with van der Waals surface area (Å²) in [5.41, 5.74) is 2.77. The first-order chi connectivity index (χ1) is 13.0. The maximum atomic E-state index is 14.1. The highest BCUT2D eigenvalue weighted by atomic mass is 32.2. The number of halogens is 1. The van der Waals surface area contributed by atoms with Gasteiger partial charge < -0.3 is 4.52 Å². The molecule has 4 rings (SSSR count). The van der Waals surface area contributed by atoms with Gasteiger partial charge in [0.2, 0.25) is 0 Å². The molecule has 3 aromatic heterocycles. The van der Waals surface area contributed by atoms with Gasteiger partial charge in [0.15, 0.2) is 5.16 Å². The first-order valence-electron chi connectivity index (χ1n) is 8.30. The van der Waals surface area contributed by atoms with Gasteiger partial charge >= 0.3 is 0 Å². The maximum Gasteiger partial charge on any atom is 0.272 e. The van der Waals surface area contributed by atoms with Gasteiger partial charge in [0.1, 0.15) is 16.3 Å². The number of aryl methyl sites for hydroxylation is 2. The molecule has 0 saturated heterocycles. The zero-order valence-electron chi connectivity index (χ0n) is 14.7. The number of rotatable bonds is 5. The van der Waals surface area contributed by atoms with Crippen LogP contribution in [0, 0.1) is 19.7 Å². The number of fused-ring (bicyclic) bond motifs is 1. The van der Waals surface area contributed by atoms with Gasteiger partial charge in [-0.2, -0.15) is 0 Å². The van der Waals surface area contributed by atoms with Gasteiger partial charge in [0, 0.05) is 16.9 Å². The Balaban J connectivity index is 1.76. The van der Waals surface area contributed by atoms with E-state index in [1.807, 2.05) is 25.3 Å². The van der Waals surface area contributed by atoms with Crippen LogP contribution in [0.25, 0.3) is 10.2 Å². The van der Waals surface area contributed by atoms with Crippen molar-refractivity contribution in [1.82, 2.24) is 14.7 Å². The number of thioether (sulfide) groups is 1. The second-order valence-corrected chi connectivity index (χ2v) is 7.96. The fourth-order valence-corrected chi connectivity index (χ4v) is 4.74. The van der Waals surface area contributed by atoms with Gasteiger partial charge in [-0.3, -0.25) is 9.36 Å². The molecule has 3 heterocycles. The summed E-state index contributed by atoms with van der Waals surface area (Å²) >= 11 is 2.77. The van der Waals surface area contributed by atoms with Gasteiger partial charge in [-0.1, -0.05) is 35.1 Å². The number of benzene rings is 1. The highest BCUT2D eigenvalue weighted by Gasteiger charge is 2.16. The Hall–Kier alpha value is -2.45. The predicted octanol–water partition coefficient (Wildman–Crippen LogP) is 4.54. The minimum Gasteiger partial charge on any atom is -0.361 e. The third kappa shape index (κ3) is 3.42. The smallest absolute Gasteiger partial charge is 0.272 e. The monoisotopic (exact) mass is 401 g/mol. The Morgan fingerprint density at radius 2 is 2.07 bits per heavy atom. The molecule has 0 N–H and O–H groups in total. The molecule has 0 atom stereocenters. The second kappa shape index (κ2) is 7.28. The lowest BCUT2D eigenvalue weighted by Gasteiger charge is -2.12. The molecule has 8 heteroatoms. The van der Waals surface area contributed by atoms with E-state index in [0.29, 0.717) is 26.7 Å². The molecule has 0 aliphatic rings. The summed E-state index contributed by atoms with van der Waals surface area (Å²) in [6.45, 7) is 3.88. The molecular weight excluding hydrogens is 385 g/mol. The van der Waals surface area contributed by atoms with E-state index in [-0.39, 0.29) is 17.9 Å². The van der Waals surface area contributed by atoms with Crippen LogP contribution in [0.5, 0.6) is 0 Å². The fraction of sp³-hybridized carbons (Fsp3) is 0.211. The predicted molar refractivity (Wildman–Crippen MR) is 105 cm³/mol. The summed E-state index contributed by atoms with van der Waals surface area (Å²) in [6.07, 6.45) is 0. The van der Waals surface area contributed by atoms with Crippen molar-refractivity contribution in [1.29, 1.82) is 0 Å². The Bertz CT molecular complexity index is 1160. The summed E-state index contributed by atoms with van der Waals surface area (Å²) in [4.78, 5) is 17.6. The van der Waals surface area contributed by atoms with Crippen LogP contribution in [0.1, 0.15) is 22.6 Å². The molecule has 138 valence electrons. The van der Waals surface area contributed by atoms with Crippen LogP contribution in [0.3, 0.4) is 0 Å². The van der Waals surface area contributed by atoms with E-state index in [1.165, 1.54) is 29.2 Å². The van der Waals surface area contributed by atoms with Crippen LogP contribution in [-0.4, -0.2) is 14.7 Å². The lowest BCUT2D eigenvalue weighted by atomic mass is 10.2. The van der Waals surface area contributed by atoms with Crippen LogP contribution < -0.4 is 5.56 Å². The first kappa shape index (κ1) is 17.9. The van der Waals surface area contributed by atoms with Gasteiger partial charge in [0.25, 0.3) is 5.56 Å². The van der Waals surface area contributed by atoms with E-state index in [2.05, 4.69) is 10.1 Å². The Morgan fingerprint density at radius 1 is 1.26 bits per heavy atom. The van der Waals surface area contributed by atoms with Gasteiger partial charge in [-0.15, -0.1) is 11.3 Å². The second-order valence-electron chi connectivity index (χ2n) is 6.10. The Labute approximate surface area is 162 Å². The summed E-state index contributed by atoms with van der Waals surface area (Å²) in [6, 6.07) is 8.30.